The third kappa shape index (κ3) is 34.2. The molecule has 0 unspecified atom stereocenters. The second kappa shape index (κ2) is 66.6. The van der Waals surface area contributed by atoms with Gasteiger partial charge in [0.2, 0.25) is 0 Å². The molecule has 35 N–H and O–H groups in total. The summed E-state index contributed by atoms with van der Waals surface area (Å²) in [5.74, 6) is 23.6. The standard InChI is InChI=1S/C70H126N7O42.7ClH/c71-99-22-8-1-15-92-57-43(85)50-36(29-78)106-64(57)113-51-37(30-79)107-66(58(44(51)86)93-16-2-9-23-100-72)115-53-39(32-81)109-68(60(46(53)88)95-18-4-11-25-102-74)117-55-41(34-83)111-70(62(48(55)90)97-20-6-13-27-104-76)119-56-42(35-84)112-69(63(49(56)91)98-21-7-14-28-105-77)118-54-40(33-82)110-67(61(47(54)89)96-19-5-12-26-103-75)116-52-38(31-80)108-65(114-50)59(45(52)87)94-17-3-10-24-101-73;;;;;;;/h1-14,36-70,78-91H,15-35H2,71-77H3;7*1H/q+7;;;;;;;/p-7/b8-1+,9-2+,10-3+,11-4+,12-5+,13-6+,14-7+;;;;;;;/t36-,37-,38-,39-,40+,41+,42+,43-,44+,45+,46+,47+,48+,49+,50-,51-,52-,53-,54-,55-,56-,57+,58+,59-,60-,61+,62-,63-,64-,65-,66-,67-,68-,69-,70-;;;;;;;/m0......./s1. The Morgan fingerprint density at radius 2 is 0.278 bits per heavy atom. The SMILES string of the molecule is [Cl-].[Cl-].[Cl-].[Cl-].[Cl-].[Cl-].[Cl-].[NH3+]OC/C=C/CO[C@@H]1[C@@H]2O[C@@H]3[C@@H](O)[C@H](OC/C=C/CO[NH3+])[C@H](O[C@@H]4[C@@H](O)[C@H](OC/C=C/CO[NH3+])[C@H](O[C@@H]5[C@@H](O)[C@@H](OC/C=C/CO[NH3+])[C@H](O[C@@H]6[C@@H](O)[C@H](OC/C=C/CO[NH3+])[C@H](O[C@@H]7[C@H](O)[C@@H](OC/C=C/CO[NH3+])[C@H](O[C@@H]8[C@@H](O)[C@@H](OC/C=C/CO[NH3+])[C@H](O[C@H]([C@H]1O)[C@H](CO)O2)O[C@H]8CO)O[C@H]7CO)O[C@H]6CO)O[C@@H]5CO)O[C@@H]4CO)O[C@@H]3CO. The molecule has 0 radical (unpaired) electrons. The van der Waals surface area contributed by atoms with Gasteiger partial charge in [-0.1, -0.05) is 85.1 Å². The van der Waals surface area contributed by atoms with Crippen molar-refractivity contribution in [2.75, 3.05) is 139 Å². The largest absolute Gasteiger partial charge is 1.00 e. The van der Waals surface area contributed by atoms with Gasteiger partial charge in [-0.2, -0.15) is 0 Å². The summed E-state index contributed by atoms with van der Waals surface area (Å²) < 4.78 is 135. The lowest BCUT2D eigenvalue weighted by atomic mass is 9.95. The van der Waals surface area contributed by atoms with E-state index in [2.05, 4.69) is 41.3 Å². The molecule has 15 aliphatic rings. The summed E-state index contributed by atoms with van der Waals surface area (Å²) in [6.07, 6.45) is -42.7. The monoisotopic (exact) mass is 1980 g/mol. The Hall–Kier alpha value is -1.75. The maximum Gasteiger partial charge on any atom is 0.187 e. The van der Waals surface area contributed by atoms with Gasteiger partial charge in [0.1, 0.15) is 217 Å². The topological polar surface area (TPSA) is 735 Å². The molecule has 0 amide bonds. The van der Waals surface area contributed by atoms with Gasteiger partial charge in [-0.05, 0) is 0 Å². The van der Waals surface area contributed by atoms with Crippen molar-refractivity contribution < 1.29 is 333 Å². The lowest BCUT2D eigenvalue weighted by Gasteiger charge is -2.51. The molecule has 0 aromatic heterocycles. The lowest BCUT2D eigenvalue weighted by Crippen LogP contribution is -3.00. The Labute approximate surface area is 767 Å². The zero-order chi connectivity index (χ0) is 85.8. The molecule has 35 atom stereocenters. The van der Waals surface area contributed by atoms with Crippen LogP contribution in [0.3, 0.4) is 0 Å². The number of quaternary nitrogens is 7. The Balaban J connectivity index is 0.0000113. The summed E-state index contributed by atoms with van der Waals surface area (Å²) in [6.45, 7) is -9.42. The highest BCUT2D eigenvalue weighted by molar-refractivity contribution is 5.05. The minimum absolute atomic E-state index is 0. The van der Waals surface area contributed by atoms with Gasteiger partial charge in [0, 0.05) is 0 Å². The Kier molecular flexibility index (Phi) is 64.7. The third-order valence-corrected chi connectivity index (χ3v) is 20.0. The number of hydrogen-bond donors (Lipinski definition) is 21. The van der Waals surface area contributed by atoms with Gasteiger partial charge < -0.3 is 258 Å². The fraction of sp³-hybridized carbons (Fsp3) is 0.800. The molecule has 0 aromatic rings. The molecule has 0 aliphatic carbocycles. The average Bonchev–Trinajstić information content (AvgIpc) is 0.768. The Bertz CT molecular complexity index is 2480. The van der Waals surface area contributed by atoms with Crippen LogP contribution in [0.5, 0.6) is 0 Å². The van der Waals surface area contributed by atoms with Crippen LogP contribution in [-0.2, 0) is 133 Å². The van der Waals surface area contributed by atoms with E-state index in [1.807, 2.05) is 0 Å². The number of aliphatic hydroxyl groups excluding tert-OH is 14. The summed E-state index contributed by atoms with van der Waals surface area (Å²) >= 11 is 0. The molecule has 0 spiro atoms. The smallest absolute Gasteiger partial charge is 0.187 e. The van der Waals surface area contributed by atoms with Crippen molar-refractivity contribution >= 4 is 0 Å². The van der Waals surface area contributed by atoms with Crippen LogP contribution in [-0.4, -0.2) is 425 Å². The van der Waals surface area contributed by atoms with Crippen LogP contribution >= 0.6 is 0 Å². The van der Waals surface area contributed by atoms with E-state index in [9.17, 15) is 71.5 Å². The molecule has 15 saturated heterocycles. The van der Waals surface area contributed by atoms with E-state index in [0.717, 1.165) is 0 Å². The predicted molar refractivity (Wildman–Crippen MR) is 380 cm³/mol. The molecular formula is C70H126Cl7N7O42. The van der Waals surface area contributed by atoms with Crippen LogP contribution in [0.15, 0.2) is 85.1 Å². The minimum atomic E-state index is -2.00. The van der Waals surface area contributed by atoms with E-state index in [1.165, 1.54) is 85.1 Å². The second-order valence-electron chi connectivity index (χ2n) is 27.7. The Morgan fingerprint density at radius 3 is 0.373 bits per heavy atom. The number of hydrogen-bond acceptors (Lipinski definition) is 42. The molecule has 15 aliphatic heterocycles. The van der Waals surface area contributed by atoms with Crippen molar-refractivity contribution in [2.45, 2.75) is 215 Å². The van der Waals surface area contributed by atoms with Crippen LogP contribution < -0.4 is 128 Å². The van der Waals surface area contributed by atoms with Gasteiger partial charge >= 0.3 is 0 Å². The zero-order valence-corrected chi connectivity index (χ0v) is 73.7. The molecule has 14 bridgehead atoms. The van der Waals surface area contributed by atoms with Crippen LogP contribution in [0, 0.1) is 0 Å². The highest BCUT2D eigenvalue weighted by Gasteiger charge is 2.61. The number of halogens is 7. The van der Waals surface area contributed by atoms with Gasteiger partial charge in [0.05, 0.1) is 92.5 Å². The Morgan fingerprint density at radius 1 is 0.175 bits per heavy atom. The van der Waals surface area contributed by atoms with E-state index >= 15 is 0 Å². The number of fused-ring (bicyclic) bond motifs is 7. The fourth-order valence-electron chi connectivity index (χ4n) is 14.2. The van der Waals surface area contributed by atoms with E-state index in [0.29, 0.717) is 0 Å². The average molecular weight is 1990 g/mol. The zero-order valence-electron chi connectivity index (χ0n) is 68.4. The molecule has 0 aromatic carbocycles. The van der Waals surface area contributed by atoms with Crippen LogP contribution in [0.4, 0.5) is 0 Å². The van der Waals surface area contributed by atoms with Crippen LogP contribution in [0.1, 0.15) is 0 Å². The second-order valence-corrected chi connectivity index (χ2v) is 27.7. The first-order valence-electron chi connectivity index (χ1n) is 38.6. The van der Waals surface area contributed by atoms with Crippen LogP contribution in [0.25, 0.3) is 0 Å². The summed E-state index contributed by atoms with van der Waals surface area (Å²) in [4.78, 5) is 34.5. The van der Waals surface area contributed by atoms with Gasteiger partial charge in [-0.3, -0.25) is 0 Å². The maximum atomic E-state index is 12.8. The van der Waals surface area contributed by atoms with E-state index in [-0.39, 0.29) is 179 Å². The van der Waals surface area contributed by atoms with Gasteiger partial charge in [0.15, 0.2) is 44.0 Å². The minimum Gasteiger partial charge on any atom is -1.00 e. The van der Waals surface area contributed by atoms with Crippen molar-refractivity contribution in [1.29, 1.82) is 0 Å². The summed E-state index contributed by atoms with van der Waals surface area (Å²) in [6, 6.07) is 0. The van der Waals surface area contributed by atoms with Crippen molar-refractivity contribution in [3.63, 3.8) is 0 Å². The molecule has 742 valence electrons. The van der Waals surface area contributed by atoms with Crippen molar-refractivity contribution in [3.05, 3.63) is 85.1 Å². The quantitative estimate of drug-likeness (QED) is 0.0199. The van der Waals surface area contributed by atoms with E-state index < -0.39 is 261 Å². The first-order chi connectivity index (χ1) is 57.9. The molecule has 15 rings (SSSR count). The summed E-state index contributed by atoms with van der Waals surface area (Å²) in [7, 11) is 0. The number of aliphatic hydroxyl groups is 14. The normalized spacial score (nSPS) is 38.3. The maximum absolute atomic E-state index is 12.8. The lowest BCUT2D eigenvalue weighted by molar-refractivity contribution is -0.686. The highest BCUT2D eigenvalue weighted by atomic mass is 35.5. The number of rotatable bonds is 42. The molecule has 126 heavy (non-hydrogen) atoms. The molecular weight excluding hydrogens is 1860 g/mol. The van der Waals surface area contributed by atoms with Crippen molar-refractivity contribution in [2.24, 2.45) is 0 Å². The first kappa shape index (κ1) is 122. The van der Waals surface area contributed by atoms with Gasteiger partial charge in [-0.15, -0.1) is 0 Å². The fourth-order valence-corrected chi connectivity index (χ4v) is 14.2. The molecule has 15 fully saturated rings. The molecule has 56 heteroatoms. The molecule has 15 heterocycles. The third-order valence-electron chi connectivity index (χ3n) is 20.0. The summed E-state index contributed by atoms with van der Waals surface area (Å²) in [5.41, 5.74) is 0. The summed E-state index contributed by atoms with van der Waals surface area (Å²) in [5, 5.41) is 169. The molecule has 0 saturated carbocycles. The number of ether oxygens (including phenoxy) is 21. The molecule has 49 nitrogen and oxygen atoms in total. The van der Waals surface area contributed by atoms with Crippen molar-refractivity contribution in [1.82, 2.24) is 0 Å². The van der Waals surface area contributed by atoms with Gasteiger partial charge in [-0.25, -0.2) is 75.1 Å². The van der Waals surface area contributed by atoms with E-state index in [4.69, 9.17) is 133 Å². The van der Waals surface area contributed by atoms with Gasteiger partial charge in [0.25, 0.3) is 0 Å². The van der Waals surface area contributed by atoms with E-state index in [1.54, 1.807) is 0 Å². The van der Waals surface area contributed by atoms with Crippen LogP contribution in [0.2, 0.25) is 0 Å². The first-order valence-corrected chi connectivity index (χ1v) is 38.6. The predicted octanol–water partition coefficient (Wildman–Crippen LogP) is -37.9. The van der Waals surface area contributed by atoms with Crippen molar-refractivity contribution in [3.8, 4) is 0 Å². The highest BCUT2D eigenvalue weighted by Crippen LogP contribution is 2.42.